The SMILES string of the molecule is CC1CN(Cc2ccc(CNC(=O)C(Oc3ccccc3C#N)C(C)C)cc2)CC(C)O1. The van der Waals surface area contributed by atoms with E-state index in [9.17, 15) is 10.1 Å². The maximum absolute atomic E-state index is 12.8. The molecule has 1 aliphatic rings. The number of morpholine rings is 1. The van der Waals surface area contributed by atoms with Gasteiger partial charge in [-0.3, -0.25) is 9.69 Å². The standard InChI is InChI=1S/C26H33N3O3/c1-18(2)25(32-24-8-6-5-7-23(24)13-27)26(30)28-14-21-9-11-22(12-10-21)17-29-15-19(3)31-20(4)16-29/h5-12,18-20,25H,14-17H2,1-4H3,(H,28,30). The topological polar surface area (TPSA) is 74.6 Å². The highest BCUT2D eigenvalue weighted by molar-refractivity contribution is 5.81. The van der Waals surface area contributed by atoms with Gasteiger partial charge in [-0.2, -0.15) is 5.26 Å². The third-order valence-corrected chi connectivity index (χ3v) is 5.52. The zero-order chi connectivity index (χ0) is 23.1. The number of hydrogen-bond donors (Lipinski definition) is 1. The van der Waals surface area contributed by atoms with E-state index >= 15 is 0 Å². The van der Waals surface area contributed by atoms with Gasteiger partial charge in [-0.1, -0.05) is 50.2 Å². The Morgan fingerprint density at radius 1 is 1.12 bits per heavy atom. The average Bonchev–Trinajstić information content (AvgIpc) is 2.76. The fourth-order valence-corrected chi connectivity index (χ4v) is 4.01. The Labute approximate surface area is 191 Å². The normalized spacial score (nSPS) is 19.9. The lowest BCUT2D eigenvalue weighted by molar-refractivity contribution is -0.130. The summed E-state index contributed by atoms with van der Waals surface area (Å²) in [5.41, 5.74) is 2.70. The Hall–Kier alpha value is -2.88. The Kier molecular flexibility index (Phi) is 8.26. The van der Waals surface area contributed by atoms with Crippen molar-refractivity contribution >= 4 is 5.91 Å². The Balaban J connectivity index is 1.55. The van der Waals surface area contributed by atoms with Crippen LogP contribution in [0.25, 0.3) is 0 Å². The number of nitrogens with zero attached hydrogens (tertiary/aromatic N) is 2. The van der Waals surface area contributed by atoms with E-state index < -0.39 is 6.10 Å². The Morgan fingerprint density at radius 3 is 2.38 bits per heavy atom. The van der Waals surface area contributed by atoms with Crippen molar-refractivity contribution in [3.8, 4) is 11.8 Å². The van der Waals surface area contributed by atoms with Crippen molar-refractivity contribution in [2.75, 3.05) is 13.1 Å². The van der Waals surface area contributed by atoms with Gasteiger partial charge in [0, 0.05) is 26.2 Å². The molecule has 0 bridgehead atoms. The van der Waals surface area contributed by atoms with Crippen LogP contribution in [0, 0.1) is 17.2 Å². The van der Waals surface area contributed by atoms with Gasteiger partial charge >= 0.3 is 0 Å². The van der Waals surface area contributed by atoms with Crippen LogP contribution in [0.15, 0.2) is 48.5 Å². The Morgan fingerprint density at radius 2 is 1.75 bits per heavy atom. The molecule has 3 atom stereocenters. The number of rotatable bonds is 8. The summed E-state index contributed by atoms with van der Waals surface area (Å²) in [5.74, 6) is 0.204. The van der Waals surface area contributed by atoms with Gasteiger partial charge in [0.2, 0.25) is 0 Å². The second-order valence-electron chi connectivity index (χ2n) is 8.88. The molecule has 1 fully saturated rings. The van der Waals surface area contributed by atoms with Crippen molar-refractivity contribution in [3.05, 3.63) is 65.2 Å². The molecule has 2 aromatic rings. The minimum absolute atomic E-state index is 0.0394. The highest BCUT2D eigenvalue weighted by Crippen LogP contribution is 2.21. The molecular weight excluding hydrogens is 402 g/mol. The average molecular weight is 436 g/mol. The molecule has 0 aliphatic carbocycles. The van der Waals surface area contributed by atoms with Gasteiger partial charge in [0.15, 0.2) is 6.10 Å². The molecule has 0 saturated carbocycles. The molecule has 1 N–H and O–H groups in total. The Bertz CT molecular complexity index is 926. The van der Waals surface area contributed by atoms with E-state index in [1.54, 1.807) is 24.3 Å². The van der Waals surface area contributed by atoms with Crippen molar-refractivity contribution in [1.82, 2.24) is 10.2 Å². The zero-order valence-corrected chi connectivity index (χ0v) is 19.4. The van der Waals surface area contributed by atoms with Crippen LogP contribution in [0.3, 0.4) is 0 Å². The fourth-order valence-electron chi connectivity index (χ4n) is 4.01. The maximum atomic E-state index is 12.8. The molecule has 3 rings (SSSR count). The molecule has 2 aromatic carbocycles. The molecule has 0 aromatic heterocycles. The van der Waals surface area contributed by atoms with E-state index in [-0.39, 0.29) is 24.0 Å². The van der Waals surface area contributed by atoms with E-state index in [1.165, 1.54) is 5.56 Å². The summed E-state index contributed by atoms with van der Waals surface area (Å²) in [5, 5.41) is 12.2. The zero-order valence-electron chi connectivity index (χ0n) is 19.4. The molecule has 1 aliphatic heterocycles. The number of hydrogen-bond acceptors (Lipinski definition) is 5. The minimum atomic E-state index is -0.672. The molecule has 6 heteroatoms. The lowest BCUT2D eigenvalue weighted by Crippen LogP contribution is -2.44. The van der Waals surface area contributed by atoms with Crippen molar-refractivity contribution in [2.24, 2.45) is 5.92 Å². The predicted octanol–water partition coefficient (Wildman–Crippen LogP) is 3.89. The summed E-state index contributed by atoms with van der Waals surface area (Å²) in [6.07, 6.45) is -0.164. The predicted molar refractivity (Wildman–Crippen MR) is 124 cm³/mol. The molecular formula is C26H33N3O3. The van der Waals surface area contributed by atoms with Crippen LogP contribution in [0.2, 0.25) is 0 Å². The van der Waals surface area contributed by atoms with E-state index in [2.05, 4.69) is 54.4 Å². The number of carbonyl (C=O) groups excluding carboxylic acids is 1. The maximum Gasteiger partial charge on any atom is 0.261 e. The van der Waals surface area contributed by atoms with Crippen LogP contribution in [0.1, 0.15) is 44.4 Å². The van der Waals surface area contributed by atoms with Crippen LogP contribution < -0.4 is 10.1 Å². The van der Waals surface area contributed by atoms with Gasteiger partial charge in [0.05, 0.1) is 17.8 Å². The highest BCUT2D eigenvalue weighted by Gasteiger charge is 2.25. The molecule has 6 nitrogen and oxygen atoms in total. The summed E-state index contributed by atoms with van der Waals surface area (Å²) in [6.45, 7) is 11.3. The quantitative estimate of drug-likeness (QED) is 0.681. The number of benzene rings is 2. The minimum Gasteiger partial charge on any atom is -0.479 e. The summed E-state index contributed by atoms with van der Waals surface area (Å²) < 4.78 is 11.7. The second-order valence-corrected chi connectivity index (χ2v) is 8.88. The van der Waals surface area contributed by atoms with E-state index in [0.717, 1.165) is 25.2 Å². The van der Waals surface area contributed by atoms with Gasteiger partial charge in [-0.15, -0.1) is 0 Å². The smallest absolute Gasteiger partial charge is 0.261 e. The number of nitriles is 1. The monoisotopic (exact) mass is 435 g/mol. The second kappa shape index (κ2) is 11.1. The number of ether oxygens (including phenoxy) is 2. The molecule has 1 heterocycles. The van der Waals surface area contributed by atoms with Crippen molar-refractivity contribution < 1.29 is 14.3 Å². The van der Waals surface area contributed by atoms with Gasteiger partial charge in [0.25, 0.3) is 5.91 Å². The van der Waals surface area contributed by atoms with E-state index in [0.29, 0.717) is 17.9 Å². The van der Waals surface area contributed by atoms with Gasteiger partial charge in [-0.05, 0) is 43.0 Å². The number of nitrogens with one attached hydrogen (secondary N) is 1. The van der Waals surface area contributed by atoms with Crippen molar-refractivity contribution in [3.63, 3.8) is 0 Å². The first-order valence-corrected chi connectivity index (χ1v) is 11.2. The van der Waals surface area contributed by atoms with E-state index in [4.69, 9.17) is 9.47 Å². The van der Waals surface area contributed by atoms with Gasteiger partial charge in [0.1, 0.15) is 11.8 Å². The summed E-state index contributed by atoms with van der Waals surface area (Å²) in [6, 6.07) is 17.4. The molecule has 32 heavy (non-hydrogen) atoms. The van der Waals surface area contributed by atoms with Crippen LogP contribution in [0.4, 0.5) is 0 Å². The molecule has 3 unspecified atom stereocenters. The first-order valence-electron chi connectivity index (χ1n) is 11.2. The molecule has 1 amide bonds. The van der Waals surface area contributed by atoms with Gasteiger partial charge < -0.3 is 14.8 Å². The number of para-hydroxylation sites is 1. The first kappa shape index (κ1) is 23.8. The van der Waals surface area contributed by atoms with Gasteiger partial charge in [-0.25, -0.2) is 0 Å². The van der Waals surface area contributed by atoms with E-state index in [1.807, 2.05) is 13.8 Å². The van der Waals surface area contributed by atoms with Crippen molar-refractivity contribution in [1.29, 1.82) is 5.26 Å². The van der Waals surface area contributed by atoms with Crippen molar-refractivity contribution in [2.45, 2.75) is 59.1 Å². The lowest BCUT2D eigenvalue weighted by Gasteiger charge is -2.35. The lowest BCUT2D eigenvalue weighted by atomic mass is 10.1. The van der Waals surface area contributed by atoms with Crippen LogP contribution in [-0.4, -0.2) is 42.2 Å². The molecule has 170 valence electrons. The van der Waals surface area contributed by atoms with Crippen LogP contribution in [-0.2, 0) is 22.6 Å². The summed E-state index contributed by atoms with van der Waals surface area (Å²) in [4.78, 5) is 15.2. The first-order chi connectivity index (χ1) is 15.4. The third-order valence-electron chi connectivity index (χ3n) is 5.52. The molecule has 0 spiro atoms. The third kappa shape index (κ3) is 6.56. The summed E-state index contributed by atoms with van der Waals surface area (Å²) >= 11 is 0. The summed E-state index contributed by atoms with van der Waals surface area (Å²) in [7, 11) is 0. The number of carbonyl (C=O) groups is 1. The van der Waals surface area contributed by atoms with Crippen LogP contribution >= 0.6 is 0 Å². The van der Waals surface area contributed by atoms with Crippen LogP contribution in [0.5, 0.6) is 5.75 Å². The highest BCUT2D eigenvalue weighted by atomic mass is 16.5. The fraction of sp³-hybridized carbons (Fsp3) is 0.462. The number of amides is 1. The largest absolute Gasteiger partial charge is 0.479 e. The molecule has 0 radical (unpaired) electrons. The molecule has 1 saturated heterocycles.